The molecule has 0 fully saturated rings. The fourth-order valence-electron chi connectivity index (χ4n) is 3.12. The van der Waals surface area contributed by atoms with Gasteiger partial charge in [0.2, 0.25) is 5.91 Å². The highest BCUT2D eigenvalue weighted by Crippen LogP contribution is 2.28. The van der Waals surface area contributed by atoms with Gasteiger partial charge in [-0.05, 0) is 44.0 Å². The van der Waals surface area contributed by atoms with Crippen LogP contribution in [0.25, 0.3) is 0 Å². The molecule has 0 bridgehead atoms. The Morgan fingerprint density at radius 2 is 1.46 bits per heavy atom. The van der Waals surface area contributed by atoms with Crippen molar-refractivity contribution < 1.29 is 4.79 Å². The van der Waals surface area contributed by atoms with Crippen LogP contribution in [-0.4, -0.2) is 16.4 Å². The van der Waals surface area contributed by atoms with Gasteiger partial charge in [-0.3, -0.25) is 4.79 Å². The van der Waals surface area contributed by atoms with Crippen molar-refractivity contribution in [3.8, 4) is 0 Å². The fraction of sp³-hybridized carbons (Fsp3) is 0.250. The molecule has 1 aromatic heterocycles. The van der Waals surface area contributed by atoms with E-state index in [-0.39, 0.29) is 17.4 Å². The number of hydrogen-bond acceptors (Lipinski definition) is 3. The molecule has 2 aromatic carbocycles. The number of carbonyl (C=O) groups is 1. The number of aromatic nitrogens is 1. The van der Waals surface area contributed by atoms with Crippen LogP contribution in [0.15, 0.2) is 79.0 Å². The zero-order chi connectivity index (χ0) is 20.0. The Balaban J connectivity index is 1.71. The molecule has 3 aromatic rings. The molecule has 4 nitrogen and oxygen atoms in total. The summed E-state index contributed by atoms with van der Waals surface area (Å²) in [6.45, 7) is 6.24. The van der Waals surface area contributed by atoms with E-state index in [1.165, 1.54) is 0 Å². The van der Waals surface area contributed by atoms with Crippen molar-refractivity contribution in [2.45, 2.75) is 38.6 Å². The first-order valence-corrected chi connectivity index (χ1v) is 9.55. The number of nitrogens with zero attached hydrogens (tertiary/aromatic N) is 1. The SMILES string of the molecule is CC(C)(C)Nc1ccc(NC(=O)CC(c2ccccc2)c2ccccc2)cn1. The van der Waals surface area contributed by atoms with Gasteiger partial charge >= 0.3 is 0 Å². The highest BCUT2D eigenvalue weighted by Gasteiger charge is 2.18. The van der Waals surface area contributed by atoms with Crippen molar-refractivity contribution in [1.82, 2.24) is 4.98 Å². The molecule has 4 heteroatoms. The predicted molar refractivity (Wildman–Crippen MR) is 116 cm³/mol. The molecule has 0 saturated carbocycles. The van der Waals surface area contributed by atoms with Crippen LogP contribution in [0.5, 0.6) is 0 Å². The lowest BCUT2D eigenvalue weighted by Crippen LogP contribution is -2.26. The second-order valence-electron chi connectivity index (χ2n) is 7.93. The Labute approximate surface area is 167 Å². The van der Waals surface area contributed by atoms with Crippen LogP contribution in [0.1, 0.15) is 44.2 Å². The van der Waals surface area contributed by atoms with Gasteiger partial charge in [-0.15, -0.1) is 0 Å². The van der Waals surface area contributed by atoms with Crippen molar-refractivity contribution in [3.05, 3.63) is 90.1 Å². The van der Waals surface area contributed by atoms with E-state index in [4.69, 9.17) is 0 Å². The van der Waals surface area contributed by atoms with E-state index in [1.54, 1.807) is 6.20 Å². The fourth-order valence-corrected chi connectivity index (χ4v) is 3.12. The van der Waals surface area contributed by atoms with Gasteiger partial charge in [-0.25, -0.2) is 4.98 Å². The van der Waals surface area contributed by atoms with Gasteiger partial charge in [0.15, 0.2) is 0 Å². The van der Waals surface area contributed by atoms with Crippen molar-refractivity contribution in [2.75, 3.05) is 10.6 Å². The van der Waals surface area contributed by atoms with Crippen LogP contribution in [0.3, 0.4) is 0 Å². The zero-order valence-corrected chi connectivity index (χ0v) is 16.6. The van der Waals surface area contributed by atoms with Crippen LogP contribution in [0, 0.1) is 0 Å². The smallest absolute Gasteiger partial charge is 0.225 e. The third kappa shape index (κ3) is 5.68. The molecule has 1 amide bonds. The maximum atomic E-state index is 12.7. The molecular weight excluding hydrogens is 346 g/mol. The number of amides is 1. The zero-order valence-electron chi connectivity index (χ0n) is 16.6. The average Bonchev–Trinajstić information content (AvgIpc) is 2.68. The molecule has 0 aliphatic heterocycles. The number of hydrogen-bond donors (Lipinski definition) is 2. The molecule has 0 saturated heterocycles. The molecule has 3 rings (SSSR count). The third-order valence-corrected chi connectivity index (χ3v) is 4.34. The van der Waals surface area contributed by atoms with Crippen molar-refractivity contribution in [1.29, 1.82) is 0 Å². The third-order valence-electron chi connectivity index (χ3n) is 4.34. The standard InChI is InChI=1S/C24H27N3O/c1-24(2,3)27-22-15-14-20(17-25-22)26-23(28)16-21(18-10-6-4-7-11-18)19-12-8-5-9-13-19/h4-15,17,21H,16H2,1-3H3,(H,25,27)(H,26,28). The van der Waals surface area contributed by atoms with Gasteiger partial charge in [-0.2, -0.15) is 0 Å². The quantitative estimate of drug-likeness (QED) is 0.604. The minimum absolute atomic E-state index is 0.0113. The lowest BCUT2D eigenvalue weighted by atomic mass is 9.88. The molecule has 144 valence electrons. The normalized spacial score (nSPS) is 11.3. The van der Waals surface area contributed by atoms with E-state index in [9.17, 15) is 4.79 Å². The summed E-state index contributed by atoms with van der Waals surface area (Å²) in [4.78, 5) is 17.1. The highest BCUT2D eigenvalue weighted by molar-refractivity contribution is 5.91. The molecule has 28 heavy (non-hydrogen) atoms. The second-order valence-corrected chi connectivity index (χ2v) is 7.93. The first-order valence-electron chi connectivity index (χ1n) is 9.55. The van der Waals surface area contributed by atoms with Crippen molar-refractivity contribution in [2.24, 2.45) is 0 Å². The molecule has 1 heterocycles. The number of carbonyl (C=O) groups excluding carboxylic acids is 1. The van der Waals surface area contributed by atoms with Gasteiger partial charge in [0, 0.05) is 17.9 Å². The van der Waals surface area contributed by atoms with E-state index in [2.05, 4.69) is 60.7 Å². The van der Waals surface area contributed by atoms with Gasteiger partial charge in [0.05, 0.1) is 11.9 Å². The summed E-state index contributed by atoms with van der Waals surface area (Å²) in [5.41, 5.74) is 2.90. The molecule has 0 unspecified atom stereocenters. The maximum Gasteiger partial charge on any atom is 0.225 e. The molecule has 0 atom stereocenters. The van der Waals surface area contributed by atoms with Crippen LogP contribution < -0.4 is 10.6 Å². The highest BCUT2D eigenvalue weighted by atomic mass is 16.1. The number of nitrogens with one attached hydrogen (secondary N) is 2. The topological polar surface area (TPSA) is 54.0 Å². The summed E-state index contributed by atoms with van der Waals surface area (Å²) in [6, 6.07) is 24.0. The van der Waals surface area contributed by atoms with E-state index in [1.807, 2.05) is 48.5 Å². The minimum Gasteiger partial charge on any atom is -0.365 e. The first-order chi connectivity index (χ1) is 13.4. The molecule has 0 radical (unpaired) electrons. The van der Waals surface area contributed by atoms with Crippen molar-refractivity contribution >= 4 is 17.4 Å². The second kappa shape index (κ2) is 8.70. The number of rotatable bonds is 6. The number of pyridine rings is 1. The predicted octanol–water partition coefficient (Wildman–Crippen LogP) is 5.45. The van der Waals surface area contributed by atoms with E-state index in [0.717, 1.165) is 16.9 Å². The summed E-state index contributed by atoms with van der Waals surface area (Å²) in [6.07, 6.45) is 2.06. The monoisotopic (exact) mass is 373 g/mol. The number of benzene rings is 2. The lowest BCUT2D eigenvalue weighted by molar-refractivity contribution is -0.116. The van der Waals surface area contributed by atoms with Crippen LogP contribution in [0.4, 0.5) is 11.5 Å². The summed E-state index contributed by atoms with van der Waals surface area (Å²) in [7, 11) is 0. The Morgan fingerprint density at radius 1 is 0.893 bits per heavy atom. The largest absolute Gasteiger partial charge is 0.365 e. The summed E-state index contributed by atoms with van der Waals surface area (Å²) in [5.74, 6) is 0.769. The van der Waals surface area contributed by atoms with Gasteiger partial charge in [-0.1, -0.05) is 60.7 Å². The van der Waals surface area contributed by atoms with Crippen LogP contribution in [0.2, 0.25) is 0 Å². The molecule has 0 aliphatic rings. The van der Waals surface area contributed by atoms with Gasteiger partial charge < -0.3 is 10.6 Å². The van der Waals surface area contributed by atoms with Crippen LogP contribution in [-0.2, 0) is 4.79 Å². The Bertz CT molecular complexity index is 845. The lowest BCUT2D eigenvalue weighted by Gasteiger charge is -2.21. The van der Waals surface area contributed by atoms with Crippen molar-refractivity contribution in [3.63, 3.8) is 0 Å². The maximum absolute atomic E-state index is 12.7. The number of anilines is 2. The molecule has 0 aliphatic carbocycles. The van der Waals surface area contributed by atoms with Crippen LogP contribution >= 0.6 is 0 Å². The first kappa shape index (κ1) is 19.6. The Morgan fingerprint density at radius 3 is 1.93 bits per heavy atom. The summed E-state index contributed by atoms with van der Waals surface area (Å²) >= 11 is 0. The average molecular weight is 374 g/mol. The summed E-state index contributed by atoms with van der Waals surface area (Å²) < 4.78 is 0. The molecule has 2 N–H and O–H groups in total. The van der Waals surface area contributed by atoms with Gasteiger partial charge in [0.1, 0.15) is 5.82 Å². The Kier molecular flexibility index (Phi) is 6.09. The minimum atomic E-state index is -0.0592. The van der Waals surface area contributed by atoms with E-state index >= 15 is 0 Å². The molecular formula is C24H27N3O. The molecule has 0 spiro atoms. The van der Waals surface area contributed by atoms with Gasteiger partial charge in [0.25, 0.3) is 0 Å². The Hall–Kier alpha value is -3.14. The summed E-state index contributed by atoms with van der Waals surface area (Å²) in [5, 5.41) is 6.29. The van der Waals surface area contributed by atoms with E-state index < -0.39 is 0 Å². The van der Waals surface area contributed by atoms with E-state index in [0.29, 0.717) is 12.1 Å².